The van der Waals surface area contributed by atoms with Crippen LogP contribution in [0.1, 0.15) is 0 Å². The molecule has 0 spiro atoms. The van der Waals surface area contributed by atoms with Gasteiger partial charge in [-0.1, -0.05) is 18.2 Å². The van der Waals surface area contributed by atoms with E-state index in [4.69, 9.17) is 17.5 Å². The molecule has 14 heavy (non-hydrogen) atoms. The van der Waals surface area contributed by atoms with Gasteiger partial charge in [-0.25, -0.2) is 0 Å². The standard InChI is InChI=1S/C6H7BrN2.H2O4S/c7-9-8-6-4-2-1-3-5-6;1-5(2,3)4/h1-5,8-9H;(H2,1,2,3,4). The Hall–Kier alpha value is -0.670. The van der Waals surface area contributed by atoms with Gasteiger partial charge in [-0.15, -0.1) is 0 Å². The molecule has 0 radical (unpaired) electrons. The maximum absolute atomic E-state index is 8.74. The zero-order chi connectivity index (χ0) is 11.0. The van der Waals surface area contributed by atoms with Crippen molar-refractivity contribution in [3.05, 3.63) is 30.3 Å². The van der Waals surface area contributed by atoms with Gasteiger partial charge in [0, 0.05) is 21.8 Å². The molecule has 8 heteroatoms. The van der Waals surface area contributed by atoms with Gasteiger partial charge in [-0.3, -0.25) is 9.11 Å². The third-order valence-corrected chi connectivity index (χ3v) is 1.16. The Balaban J connectivity index is 0.000000292. The first-order chi connectivity index (χ1) is 6.43. The second-order valence-electron chi connectivity index (χ2n) is 2.03. The monoisotopic (exact) mass is 284 g/mol. The van der Waals surface area contributed by atoms with Gasteiger partial charge in [0.1, 0.15) is 0 Å². The molecule has 0 saturated carbocycles. The Bertz CT molecular complexity index is 334. The zero-order valence-corrected chi connectivity index (χ0v) is 9.29. The number of hydrogen-bond donors (Lipinski definition) is 4. The highest BCUT2D eigenvalue weighted by Gasteiger charge is 1.84. The van der Waals surface area contributed by atoms with E-state index in [0.29, 0.717) is 0 Å². The van der Waals surface area contributed by atoms with E-state index < -0.39 is 10.4 Å². The predicted octanol–water partition coefficient (Wildman–Crippen LogP) is 1.26. The second kappa shape index (κ2) is 6.74. The molecule has 1 aromatic carbocycles. The first-order valence-corrected chi connectivity index (χ1v) is 5.49. The summed E-state index contributed by atoms with van der Waals surface area (Å²) in [5.74, 6) is 0. The van der Waals surface area contributed by atoms with Crippen molar-refractivity contribution in [2.45, 2.75) is 0 Å². The van der Waals surface area contributed by atoms with Gasteiger partial charge < -0.3 is 5.43 Å². The highest BCUT2D eigenvalue weighted by atomic mass is 79.9. The predicted molar refractivity (Wildman–Crippen MR) is 56.3 cm³/mol. The third kappa shape index (κ3) is 11.3. The molecule has 0 bridgehead atoms. The van der Waals surface area contributed by atoms with Gasteiger partial charge in [0.05, 0.1) is 0 Å². The second-order valence-corrected chi connectivity index (χ2v) is 3.33. The normalized spacial score (nSPS) is 9.93. The quantitative estimate of drug-likeness (QED) is 0.371. The molecule has 0 heterocycles. The Labute approximate surface area is 90.2 Å². The number of hydrazine groups is 1. The highest BCUT2D eigenvalue weighted by molar-refractivity contribution is 9.08. The lowest BCUT2D eigenvalue weighted by molar-refractivity contribution is 0.381. The summed E-state index contributed by atoms with van der Waals surface area (Å²) in [6.45, 7) is 0. The summed E-state index contributed by atoms with van der Waals surface area (Å²) >= 11 is 3.02. The van der Waals surface area contributed by atoms with Crippen LogP contribution in [0, 0.1) is 0 Å². The molecule has 1 aromatic rings. The summed E-state index contributed by atoms with van der Waals surface area (Å²) in [6.07, 6.45) is 0. The summed E-state index contributed by atoms with van der Waals surface area (Å²) in [5, 5.41) is 0. The van der Waals surface area contributed by atoms with Crippen molar-refractivity contribution in [2.75, 3.05) is 5.43 Å². The van der Waals surface area contributed by atoms with Crippen LogP contribution in [0.25, 0.3) is 0 Å². The van der Waals surface area contributed by atoms with E-state index >= 15 is 0 Å². The first kappa shape index (κ1) is 13.3. The lowest BCUT2D eigenvalue weighted by atomic mass is 10.3. The average molecular weight is 285 g/mol. The van der Waals surface area contributed by atoms with Gasteiger partial charge in [-0.05, 0) is 12.1 Å². The molecule has 0 aromatic heterocycles. The molecule has 0 aliphatic heterocycles. The SMILES string of the molecule is BrNNc1ccccc1.O=S(=O)(O)O. The fourth-order valence-electron chi connectivity index (χ4n) is 0.576. The third-order valence-electron chi connectivity index (χ3n) is 0.965. The number of anilines is 1. The van der Waals surface area contributed by atoms with Crippen LogP contribution in [0.4, 0.5) is 5.69 Å². The van der Waals surface area contributed by atoms with Crippen LogP contribution >= 0.6 is 16.1 Å². The van der Waals surface area contributed by atoms with Crippen molar-refractivity contribution in [2.24, 2.45) is 0 Å². The molecular weight excluding hydrogens is 276 g/mol. The molecule has 0 atom stereocenters. The van der Waals surface area contributed by atoms with Crippen LogP contribution in [0.5, 0.6) is 0 Å². The van der Waals surface area contributed by atoms with Crippen molar-refractivity contribution >= 4 is 32.2 Å². The minimum absolute atomic E-state index is 1.04. The van der Waals surface area contributed by atoms with Crippen LogP contribution < -0.4 is 9.88 Å². The van der Waals surface area contributed by atoms with E-state index in [9.17, 15) is 0 Å². The van der Waals surface area contributed by atoms with Crippen molar-refractivity contribution < 1.29 is 17.5 Å². The molecule has 6 nitrogen and oxygen atoms in total. The van der Waals surface area contributed by atoms with Gasteiger partial charge in [0.25, 0.3) is 0 Å². The van der Waals surface area contributed by atoms with E-state index in [-0.39, 0.29) is 0 Å². The lowest BCUT2D eigenvalue weighted by Gasteiger charge is -1.99. The van der Waals surface area contributed by atoms with Crippen LogP contribution in [-0.2, 0) is 10.4 Å². The maximum atomic E-state index is 8.74. The number of para-hydroxylation sites is 1. The number of benzene rings is 1. The fraction of sp³-hybridized carbons (Fsp3) is 0. The summed E-state index contributed by atoms with van der Waals surface area (Å²) < 4.78 is 34.2. The Morgan fingerprint density at radius 1 is 1.14 bits per heavy atom. The number of rotatable bonds is 2. The van der Waals surface area contributed by atoms with E-state index in [1.807, 2.05) is 30.3 Å². The summed E-state index contributed by atoms with van der Waals surface area (Å²) in [5.41, 5.74) is 3.91. The zero-order valence-electron chi connectivity index (χ0n) is 6.88. The van der Waals surface area contributed by atoms with Gasteiger partial charge in [0.2, 0.25) is 0 Å². The van der Waals surface area contributed by atoms with Crippen LogP contribution in [-0.4, -0.2) is 17.5 Å². The smallest absolute Gasteiger partial charge is 0.312 e. The molecule has 0 aliphatic carbocycles. The summed E-state index contributed by atoms with van der Waals surface area (Å²) in [6, 6.07) is 9.83. The van der Waals surface area contributed by atoms with Gasteiger partial charge >= 0.3 is 10.4 Å². The molecule has 0 amide bonds. The summed E-state index contributed by atoms with van der Waals surface area (Å²) in [4.78, 5) is 0. The highest BCUT2D eigenvalue weighted by Crippen LogP contribution is 2.02. The molecule has 0 fully saturated rings. The van der Waals surface area contributed by atoms with Crippen molar-refractivity contribution in [1.82, 2.24) is 4.45 Å². The van der Waals surface area contributed by atoms with Crippen molar-refractivity contribution in [3.8, 4) is 0 Å². The van der Waals surface area contributed by atoms with E-state index in [2.05, 4.69) is 26.0 Å². The fourth-order valence-corrected chi connectivity index (χ4v) is 0.805. The molecule has 4 N–H and O–H groups in total. The molecule has 0 aliphatic rings. The molecular formula is C6H9BrN2O4S. The van der Waals surface area contributed by atoms with Gasteiger partial charge in [-0.2, -0.15) is 12.9 Å². The molecule has 1 rings (SSSR count). The summed E-state index contributed by atoms with van der Waals surface area (Å²) in [7, 11) is -4.67. The maximum Gasteiger partial charge on any atom is 0.394 e. The Morgan fingerprint density at radius 3 is 1.93 bits per heavy atom. The number of hydrogen-bond acceptors (Lipinski definition) is 4. The average Bonchev–Trinajstić information content (AvgIpc) is 2.03. The first-order valence-electron chi connectivity index (χ1n) is 3.30. The van der Waals surface area contributed by atoms with E-state index in [1.54, 1.807) is 0 Å². The number of halogens is 1. The van der Waals surface area contributed by atoms with Crippen LogP contribution in [0.2, 0.25) is 0 Å². The van der Waals surface area contributed by atoms with Crippen LogP contribution in [0.15, 0.2) is 30.3 Å². The minimum Gasteiger partial charge on any atom is -0.312 e. The Morgan fingerprint density at radius 2 is 1.57 bits per heavy atom. The van der Waals surface area contributed by atoms with E-state index in [0.717, 1.165) is 5.69 Å². The molecule has 80 valence electrons. The van der Waals surface area contributed by atoms with Crippen molar-refractivity contribution in [1.29, 1.82) is 0 Å². The minimum atomic E-state index is -4.67. The van der Waals surface area contributed by atoms with E-state index in [1.165, 1.54) is 0 Å². The number of nitrogens with one attached hydrogen (secondary N) is 2. The topological polar surface area (TPSA) is 98.7 Å². The Kier molecular flexibility index (Phi) is 6.41. The lowest BCUT2D eigenvalue weighted by Crippen LogP contribution is -2.06. The van der Waals surface area contributed by atoms with Crippen molar-refractivity contribution in [3.63, 3.8) is 0 Å². The van der Waals surface area contributed by atoms with Crippen LogP contribution in [0.3, 0.4) is 0 Å². The molecule has 0 unspecified atom stereocenters. The molecule has 0 saturated heterocycles. The largest absolute Gasteiger partial charge is 0.394 e. The van der Waals surface area contributed by atoms with Gasteiger partial charge in [0.15, 0.2) is 0 Å².